The maximum Gasteiger partial charge on any atom is 0.322 e. The highest BCUT2D eigenvalue weighted by atomic mass is 32.1. The van der Waals surface area contributed by atoms with Gasteiger partial charge in [0.2, 0.25) is 5.91 Å². The summed E-state index contributed by atoms with van der Waals surface area (Å²) < 4.78 is 38.2. The van der Waals surface area contributed by atoms with Crippen molar-refractivity contribution >= 4 is 29.0 Å². The smallest absolute Gasteiger partial charge is 0.322 e. The first kappa shape index (κ1) is 29.9. The fourth-order valence-electron chi connectivity index (χ4n) is 4.02. The molecule has 0 saturated carbocycles. The molecule has 3 amide bonds. The number of nitrogens with zero attached hydrogens (tertiary/aromatic N) is 2. The quantitative estimate of drug-likeness (QED) is 0.285. The molecular formula is C29H35F2N3O4S. The van der Waals surface area contributed by atoms with E-state index in [1.165, 1.54) is 4.90 Å². The van der Waals surface area contributed by atoms with Crippen LogP contribution in [0.5, 0.6) is 11.5 Å². The van der Waals surface area contributed by atoms with Gasteiger partial charge >= 0.3 is 6.03 Å². The number of hydrogen-bond acceptors (Lipinski definition) is 5. The molecule has 0 saturated heterocycles. The lowest BCUT2D eigenvalue weighted by Crippen LogP contribution is -2.48. The molecule has 0 bridgehead atoms. The number of carbonyl (C=O) groups is 2. The lowest BCUT2D eigenvalue weighted by Gasteiger charge is -2.31. The molecule has 1 N–H and O–H groups in total. The third kappa shape index (κ3) is 8.16. The van der Waals surface area contributed by atoms with E-state index in [1.807, 2.05) is 51.1 Å². The number of hydrogen-bond donors (Lipinski definition) is 1. The summed E-state index contributed by atoms with van der Waals surface area (Å²) in [4.78, 5) is 32.1. The van der Waals surface area contributed by atoms with Gasteiger partial charge in [0.05, 0.1) is 26.5 Å². The topological polar surface area (TPSA) is 71.1 Å². The van der Waals surface area contributed by atoms with Crippen LogP contribution in [0.4, 0.5) is 19.3 Å². The van der Waals surface area contributed by atoms with Gasteiger partial charge in [-0.1, -0.05) is 13.0 Å². The van der Waals surface area contributed by atoms with Crippen LogP contribution in [0.2, 0.25) is 0 Å². The molecule has 3 aromatic rings. The number of rotatable bonds is 12. The van der Waals surface area contributed by atoms with E-state index in [2.05, 4.69) is 5.32 Å². The highest BCUT2D eigenvalue weighted by Gasteiger charge is 2.26. The monoisotopic (exact) mass is 559 g/mol. The number of methoxy groups -OCH3 is 2. The average Bonchev–Trinajstić information content (AvgIpc) is 3.34. The number of ether oxygens (including phenoxy) is 2. The molecule has 1 heterocycles. The van der Waals surface area contributed by atoms with Crippen LogP contribution in [0.25, 0.3) is 0 Å². The Morgan fingerprint density at radius 3 is 2.38 bits per heavy atom. The highest BCUT2D eigenvalue weighted by Crippen LogP contribution is 2.28. The third-order valence-corrected chi connectivity index (χ3v) is 7.46. The Hall–Kier alpha value is -3.66. The maximum absolute atomic E-state index is 14.2. The lowest BCUT2D eigenvalue weighted by molar-refractivity contribution is -0.132. The highest BCUT2D eigenvalue weighted by molar-refractivity contribution is 7.11. The summed E-state index contributed by atoms with van der Waals surface area (Å²) in [5, 5.41) is 2.48. The number of halogens is 2. The first-order valence-corrected chi connectivity index (χ1v) is 13.5. The predicted molar refractivity (Wildman–Crippen MR) is 150 cm³/mol. The second kappa shape index (κ2) is 13.9. The van der Waals surface area contributed by atoms with Crippen molar-refractivity contribution in [1.29, 1.82) is 0 Å². The van der Waals surface area contributed by atoms with Crippen LogP contribution in [0, 0.1) is 18.6 Å². The van der Waals surface area contributed by atoms with Crippen molar-refractivity contribution in [2.75, 3.05) is 32.6 Å². The Morgan fingerprint density at radius 1 is 1.03 bits per heavy atom. The molecule has 1 atom stereocenters. The van der Waals surface area contributed by atoms with Gasteiger partial charge in [-0.15, -0.1) is 11.3 Å². The van der Waals surface area contributed by atoms with E-state index in [4.69, 9.17) is 9.47 Å². The van der Waals surface area contributed by atoms with E-state index in [9.17, 15) is 18.4 Å². The average molecular weight is 560 g/mol. The molecule has 0 radical (unpaired) electrons. The molecule has 210 valence electrons. The molecule has 0 aliphatic rings. The van der Waals surface area contributed by atoms with Crippen LogP contribution >= 0.6 is 11.3 Å². The van der Waals surface area contributed by atoms with Crippen molar-refractivity contribution in [3.63, 3.8) is 0 Å². The van der Waals surface area contributed by atoms with Gasteiger partial charge in [0.25, 0.3) is 0 Å². The van der Waals surface area contributed by atoms with Crippen LogP contribution in [0.3, 0.4) is 0 Å². The van der Waals surface area contributed by atoms with Crippen LogP contribution < -0.4 is 14.8 Å². The molecule has 1 aromatic heterocycles. The number of amides is 3. The van der Waals surface area contributed by atoms with Crippen LogP contribution in [0.1, 0.15) is 35.6 Å². The second-order valence-corrected chi connectivity index (χ2v) is 10.6. The van der Waals surface area contributed by atoms with E-state index in [-0.39, 0.29) is 24.2 Å². The van der Waals surface area contributed by atoms with Gasteiger partial charge in [-0.25, -0.2) is 13.6 Å². The van der Waals surface area contributed by atoms with Gasteiger partial charge in [0.15, 0.2) is 11.5 Å². The van der Waals surface area contributed by atoms with Gasteiger partial charge in [-0.05, 0) is 68.7 Å². The van der Waals surface area contributed by atoms with Crippen LogP contribution in [-0.4, -0.2) is 55.1 Å². The van der Waals surface area contributed by atoms with Crippen molar-refractivity contribution in [3.05, 3.63) is 75.5 Å². The van der Waals surface area contributed by atoms with Gasteiger partial charge in [0.1, 0.15) is 18.2 Å². The van der Waals surface area contributed by atoms with Gasteiger partial charge in [-0.3, -0.25) is 4.79 Å². The van der Waals surface area contributed by atoms with Crippen molar-refractivity contribution in [2.24, 2.45) is 0 Å². The molecule has 10 heteroatoms. The summed E-state index contributed by atoms with van der Waals surface area (Å²) in [5.41, 5.74) is 0.817. The standard InChI is InChI=1S/C29H35F2N3O4S/c1-6-19(2)34(29(36)32-25-11-9-22(30)16-24(25)31)18-28(35)33(17-23-10-7-20(3)39-23)14-13-21-8-12-26(37-4)27(15-21)38-5/h7-12,15-16,19H,6,13-14,17-18H2,1-5H3,(H,32,36). The summed E-state index contributed by atoms with van der Waals surface area (Å²) in [5.74, 6) is -0.640. The van der Waals surface area contributed by atoms with Gasteiger partial charge < -0.3 is 24.6 Å². The largest absolute Gasteiger partial charge is 0.493 e. The summed E-state index contributed by atoms with van der Waals surface area (Å²) in [6.45, 7) is 6.34. The number of benzene rings is 2. The number of urea groups is 1. The summed E-state index contributed by atoms with van der Waals surface area (Å²) in [7, 11) is 3.15. The zero-order chi connectivity index (χ0) is 28.5. The predicted octanol–water partition coefficient (Wildman–Crippen LogP) is 6.26. The number of anilines is 1. The fraction of sp³-hybridized carbons (Fsp3) is 0.379. The minimum Gasteiger partial charge on any atom is -0.493 e. The molecule has 0 spiro atoms. The second-order valence-electron chi connectivity index (χ2n) is 9.21. The molecular weight excluding hydrogens is 524 g/mol. The zero-order valence-electron chi connectivity index (χ0n) is 22.9. The molecule has 1 unspecified atom stereocenters. The zero-order valence-corrected chi connectivity index (χ0v) is 23.7. The van der Waals surface area contributed by atoms with Crippen molar-refractivity contribution < 1.29 is 27.8 Å². The normalized spacial score (nSPS) is 11.6. The summed E-state index contributed by atoms with van der Waals surface area (Å²) in [6, 6.07) is 11.6. The van der Waals surface area contributed by atoms with E-state index in [0.29, 0.717) is 43.5 Å². The molecule has 2 aromatic carbocycles. The molecule has 0 aliphatic carbocycles. The van der Waals surface area contributed by atoms with Gasteiger partial charge in [0, 0.05) is 28.4 Å². The maximum atomic E-state index is 14.2. The Bertz CT molecular complexity index is 1280. The van der Waals surface area contributed by atoms with Gasteiger partial charge in [-0.2, -0.15) is 0 Å². The Kier molecular flexibility index (Phi) is 10.7. The Morgan fingerprint density at radius 2 is 1.77 bits per heavy atom. The number of nitrogens with one attached hydrogen (secondary N) is 1. The summed E-state index contributed by atoms with van der Waals surface area (Å²) in [6.07, 6.45) is 1.15. The molecule has 39 heavy (non-hydrogen) atoms. The molecule has 3 rings (SSSR count). The molecule has 0 aliphatic heterocycles. The third-order valence-electron chi connectivity index (χ3n) is 6.48. The van der Waals surface area contributed by atoms with Crippen molar-refractivity contribution in [1.82, 2.24) is 9.80 Å². The van der Waals surface area contributed by atoms with Crippen LogP contribution in [-0.2, 0) is 17.8 Å². The first-order valence-electron chi connectivity index (χ1n) is 12.7. The van der Waals surface area contributed by atoms with Crippen molar-refractivity contribution in [2.45, 2.75) is 46.2 Å². The van der Waals surface area contributed by atoms with Crippen molar-refractivity contribution in [3.8, 4) is 11.5 Å². The summed E-state index contributed by atoms with van der Waals surface area (Å²) >= 11 is 1.61. The van der Waals surface area contributed by atoms with E-state index >= 15 is 0 Å². The fourth-order valence-corrected chi connectivity index (χ4v) is 4.93. The Labute approximate surface area is 232 Å². The van der Waals surface area contributed by atoms with Crippen LogP contribution in [0.15, 0.2) is 48.5 Å². The Balaban J connectivity index is 1.79. The van der Waals surface area contributed by atoms with E-state index < -0.39 is 17.7 Å². The number of aryl methyl sites for hydroxylation is 1. The first-order chi connectivity index (χ1) is 18.6. The number of carbonyl (C=O) groups excluding carboxylic acids is 2. The van der Waals surface area contributed by atoms with E-state index in [0.717, 1.165) is 27.5 Å². The SMILES string of the molecule is CCC(C)N(CC(=O)N(CCc1ccc(OC)c(OC)c1)Cc1ccc(C)s1)C(=O)Nc1ccc(F)cc1F. The molecule has 0 fully saturated rings. The minimum absolute atomic E-state index is 0.151. The van der Waals surface area contributed by atoms with E-state index in [1.54, 1.807) is 30.5 Å². The molecule has 7 nitrogen and oxygen atoms in total. The number of thiophene rings is 1. The minimum atomic E-state index is -0.886. The lowest BCUT2D eigenvalue weighted by atomic mass is 10.1.